The molecule has 0 aliphatic carbocycles. The van der Waals surface area contributed by atoms with Crippen molar-refractivity contribution in [1.82, 2.24) is 10.9 Å². The summed E-state index contributed by atoms with van der Waals surface area (Å²) in [5.74, 6) is 1.22. The van der Waals surface area contributed by atoms with Crippen LogP contribution < -0.4 is 34.5 Å². The molecular weight excluding hydrogens is 392 g/mol. The Balaban J connectivity index is 2.04. The second-order valence-corrected chi connectivity index (χ2v) is 5.81. The van der Waals surface area contributed by atoms with Crippen molar-refractivity contribution in [2.24, 2.45) is 0 Å². The molecule has 30 heavy (non-hydrogen) atoms. The van der Waals surface area contributed by atoms with Gasteiger partial charge in [-0.15, -0.1) is 0 Å². The molecule has 2 aromatic rings. The maximum absolute atomic E-state index is 12.2. The summed E-state index contributed by atoms with van der Waals surface area (Å²) in [5, 5.41) is 0. The molecule has 2 N–H and O–H groups in total. The van der Waals surface area contributed by atoms with Gasteiger partial charge in [0.2, 0.25) is 5.75 Å². The third-order valence-electron chi connectivity index (χ3n) is 4.06. The number of ether oxygens (including phenoxy) is 5. The van der Waals surface area contributed by atoms with Gasteiger partial charge < -0.3 is 23.7 Å². The third-order valence-corrected chi connectivity index (χ3v) is 4.06. The highest BCUT2D eigenvalue weighted by Crippen LogP contribution is 2.38. The normalized spacial score (nSPS) is 10.3. The van der Waals surface area contributed by atoms with Crippen molar-refractivity contribution in [2.75, 3.05) is 35.5 Å². The monoisotopic (exact) mass is 416 g/mol. The molecule has 0 radical (unpaired) electrons. The van der Waals surface area contributed by atoms with E-state index in [1.165, 1.54) is 47.7 Å². The molecule has 0 heterocycles. The highest BCUT2D eigenvalue weighted by molar-refractivity contribution is 5.98. The van der Waals surface area contributed by atoms with Gasteiger partial charge in [-0.2, -0.15) is 0 Å². The molecule has 0 spiro atoms. The Kier molecular flexibility index (Phi) is 7.92. The van der Waals surface area contributed by atoms with E-state index in [4.69, 9.17) is 23.7 Å². The number of carbonyl (C=O) groups excluding carboxylic acids is 2. The van der Waals surface area contributed by atoms with Crippen LogP contribution in [0.3, 0.4) is 0 Å². The Hall–Kier alpha value is -3.88. The lowest BCUT2D eigenvalue weighted by atomic mass is 10.1. The largest absolute Gasteiger partial charge is 0.493 e. The summed E-state index contributed by atoms with van der Waals surface area (Å²) >= 11 is 0. The van der Waals surface area contributed by atoms with Crippen LogP contribution in [0, 0.1) is 0 Å². The SMILES string of the molecule is COc1ccc(C(=O)NNC(=O)/C=C/c2cc(OC)c(OC)c(OC)c2)cc1OC. The van der Waals surface area contributed by atoms with Crippen LogP contribution in [0.15, 0.2) is 36.4 Å². The topological polar surface area (TPSA) is 104 Å². The number of amides is 2. The van der Waals surface area contributed by atoms with Crippen molar-refractivity contribution in [3.8, 4) is 28.7 Å². The molecule has 0 fully saturated rings. The quantitative estimate of drug-likeness (QED) is 0.502. The minimum Gasteiger partial charge on any atom is -0.493 e. The minimum absolute atomic E-state index is 0.293. The lowest BCUT2D eigenvalue weighted by Crippen LogP contribution is -2.40. The van der Waals surface area contributed by atoms with Gasteiger partial charge in [-0.1, -0.05) is 0 Å². The molecule has 2 aromatic carbocycles. The standard InChI is InChI=1S/C21H24N2O7/c1-26-15-8-7-14(12-16(15)27-2)21(25)23-22-19(24)9-6-13-10-17(28-3)20(30-5)18(11-13)29-4/h6-12H,1-5H3,(H,22,24)(H,23,25)/b9-6+. The average Bonchev–Trinajstić information content (AvgIpc) is 2.79. The first-order chi connectivity index (χ1) is 14.5. The Morgan fingerprint density at radius 2 is 1.33 bits per heavy atom. The second kappa shape index (κ2) is 10.6. The zero-order chi connectivity index (χ0) is 22.1. The van der Waals surface area contributed by atoms with E-state index in [0.29, 0.717) is 39.9 Å². The van der Waals surface area contributed by atoms with Crippen LogP contribution in [0.4, 0.5) is 0 Å². The molecule has 0 unspecified atom stereocenters. The summed E-state index contributed by atoms with van der Waals surface area (Å²) in [6.07, 6.45) is 2.80. The molecule has 0 bridgehead atoms. The molecule has 0 aliphatic rings. The van der Waals surface area contributed by atoms with E-state index in [1.807, 2.05) is 0 Å². The maximum Gasteiger partial charge on any atom is 0.269 e. The van der Waals surface area contributed by atoms with E-state index in [-0.39, 0.29) is 0 Å². The highest BCUT2D eigenvalue weighted by Gasteiger charge is 2.13. The molecule has 160 valence electrons. The number of carbonyl (C=O) groups is 2. The molecule has 9 nitrogen and oxygen atoms in total. The van der Waals surface area contributed by atoms with Gasteiger partial charge in [0, 0.05) is 11.6 Å². The van der Waals surface area contributed by atoms with Crippen LogP contribution >= 0.6 is 0 Å². The van der Waals surface area contributed by atoms with Gasteiger partial charge in [0.25, 0.3) is 11.8 Å². The summed E-state index contributed by atoms with van der Waals surface area (Å²) in [7, 11) is 7.47. The summed E-state index contributed by atoms with van der Waals surface area (Å²) in [6, 6.07) is 8.03. The van der Waals surface area contributed by atoms with Gasteiger partial charge in [-0.3, -0.25) is 20.4 Å². The van der Waals surface area contributed by atoms with Crippen molar-refractivity contribution >= 4 is 17.9 Å². The smallest absolute Gasteiger partial charge is 0.269 e. The van der Waals surface area contributed by atoms with Crippen molar-refractivity contribution in [3.63, 3.8) is 0 Å². The van der Waals surface area contributed by atoms with E-state index in [1.54, 1.807) is 30.3 Å². The number of hydrogen-bond donors (Lipinski definition) is 2. The summed E-state index contributed by atoms with van der Waals surface area (Å²) in [4.78, 5) is 24.3. The van der Waals surface area contributed by atoms with E-state index >= 15 is 0 Å². The third kappa shape index (κ3) is 5.34. The van der Waals surface area contributed by atoms with E-state index in [0.717, 1.165) is 0 Å². The second-order valence-electron chi connectivity index (χ2n) is 5.81. The van der Waals surface area contributed by atoms with Crippen molar-refractivity contribution in [2.45, 2.75) is 0 Å². The number of rotatable bonds is 8. The number of hydrazine groups is 1. The van der Waals surface area contributed by atoms with Crippen LogP contribution in [-0.4, -0.2) is 47.4 Å². The predicted octanol–water partition coefficient (Wildman–Crippen LogP) is 2.20. The summed E-state index contributed by atoms with van der Waals surface area (Å²) in [6.45, 7) is 0. The molecule has 0 saturated carbocycles. The zero-order valence-corrected chi connectivity index (χ0v) is 17.4. The van der Waals surface area contributed by atoms with Gasteiger partial charge in [-0.05, 0) is 42.0 Å². The Labute approximate surface area is 174 Å². The fraction of sp³-hybridized carbons (Fsp3) is 0.238. The van der Waals surface area contributed by atoms with Gasteiger partial charge in [-0.25, -0.2) is 0 Å². The predicted molar refractivity (Wildman–Crippen MR) is 110 cm³/mol. The van der Waals surface area contributed by atoms with E-state index in [2.05, 4.69) is 10.9 Å². The summed E-state index contributed by atoms with van der Waals surface area (Å²) in [5.41, 5.74) is 5.58. The number of methoxy groups -OCH3 is 5. The molecule has 0 saturated heterocycles. The zero-order valence-electron chi connectivity index (χ0n) is 17.4. The van der Waals surface area contributed by atoms with Gasteiger partial charge in [0.1, 0.15) is 0 Å². The van der Waals surface area contributed by atoms with Crippen LogP contribution in [-0.2, 0) is 4.79 Å². The molecule has 0 aromatic heterocycles. The van der Waals surface area contributed by atoms with Gasteiger partial charge in [0.05, 0.1) is 35.5 Å². The molecule has 9 heteroatoms. The van der Waals surface area contributed by atoms with Gasteiger partial charge >= 0.3 is 0 Å². The molecule has 0 atom stereocenters. The van der Waals surface area contributed by atoms with Gasteiger partial charge in [0.15, 0.2) is 23.0 Å². The van der Waals surface area contributed by atoms with Crippen molar-refractivity contribution in [3.05, 3.63) is 47.5 Å². The molecule has 2 amide bonds. The first kappa shape index (κ1) is 22.4. The maximum atomic E-state index is 12.2. The first-order valence-electron chi connectivity index (χ1n) is 8.77. The van der Waals surface area contributed by atoms with Crippen LogP contribution in [0.2, 0.25) is 0 Å². The number of hydrogen-bond acceptors (Lipinski definition) is 7. The average molecular weight is 416 g/mol. The van der Waals surface area contributed by atoms with Crippen molar-refractivity contribution < 1.29 is 33.3 Å². The molecular formula is C21H24N2O7. The highest BCUT2D eigenvalue weighted by atomic mass is 16.5. The Morgan fingerprint density at radius 1 is 0.733 bits per heavy atom. The number of benzene rings is 2. The first-order valence-corrected chi connectivity index (χ1v) is 8.77. The van der Waals surface area contributed by atoms with E-state index < -0.39 is 11.8 Å². The fourth-order valence-electron chi connectivity index (χ4n) is 2.58. The Bertz CT molecular complexity index is 916. The lowest BCUT2D eigenvalue weighted by Gasteiger charge is -2.12. The van der Waals surface area contributed by atoms with E-state index in [9.17, 15) is 9.59 Å². The molecule has 2 rings (SSSR count). The lowest BCUT2D eigenvalue weighted by molar-refractivity contribution is -0.117. The van der Waals surface area contributed by atoms with Crippen LogP contribution in [0.25, 0.3) is 6.08 Å². The Morgan fingerprint density at radius 3 is 1.87 bits per heavy atom. The fourth-order valence-corrected chi connectivity index (χ4v) is 2.58. The van der Waals surface area contributed by atoms with Crippen molar-refractivity contribution in [1.29, 1.82) is 0 Å². The number of nitrogens with one attached hydrogen (secondary N) is 2. The van der Waals surface area contributed by atoms with Crippen LogP contribution in [0.5, 0.6) is 28.7 Å². The molecule has 0 aliphatic heterocycles. The minimum atomic E-state index is -0.530. The van der Waals surface area contributed by atoms with Crippen LogP contribution in [0.1, 0.15) is 15.9 Å². The summed E-state index contributed by atoms with van der Waals surface area (Å²) < 4.78 is 26.1.